The second-order valence-corrected chi connectivity index (χ2v) is 4.30. The van der Waals surface area contributed by atoms with Crippen LogP contribution in [0.5, 0.6) is 5.75 Å². The number of nitrogens with one attached hydrogen (secondary N) is 1. The highest BCUT2D eigenvalue weighted by atomic mass is 16.5. The van der Waals surface area contributed by atoms with E-state index in [2.05, 4.69) is 11.9 Å². The molecule has 0 aliphatic carbocycles. The minimum absolute atomic E-state index is 0.238. The number of anilines is 1. The molecule has 17 heavy (non-hydrogen) atoms. The topological polar surface area (TPSA) is 64.3 Å². The van der Waals surface area contributed by atoms with Crippen molar-refractivity contribution in [3.63, 3.8) is 0 Å². The maximum absolute atomic E-state index is 11.7. The summed E-state index contributed by atoms with van der Waals surface area (Å²) in [6, 6.07) is 7.14. The lowest BCUT2D eigenvalue weighted by Crippen LogP contribution is -2.45. The van der Waals surface area contributed by atoms with Gasteiger partial charge in [-0.25, -0.2) is 0 Å². The van der Waals surface area contributed by atoms with Gasteiger partial charge in [-0.2, -0.15) is 0 Å². The third-order valence-corrected chi connectivity index (χ3v) is 2.04. The summed E-state index contributed by atoms with van der Waals surface area (Å²) in [6.07, 6.45) is 1.66. The molecule has 1 amide bonds. The number of ether oxygens (including phenoxy) is 1. The van der Waals surface area contributed by atoms with Crippen molar-refractivity contribution >= 4 is 11.6 Å². The van der Waals surface area contributed by atoms with Gasteiger partial charge in [0.25, 0.3) is 0 Å². The van der Waals surface area contributed by atoms with E-state index >= 15 is 0 Å². The van der Waals surface area contributed by atoms with Gasteiger partial charge in [0.2, 0.25) is 5.91 Å². The number of nitrogens with two attached hydrogens (primary N) is 1. The van der Waals surface area contributed by atoms with Crippen LogP contribution in [0.1, 0.15) is 13.8 Å². The van der Waals surface area contributed by atoms with E-state index in [9.17, 15) is 4.79 Å². The number of amides is 1. The largest absolute Gasteiger partial charge is 0.489 e. The molecule has 92 valence electrons. The van der Waals surface area contributed by atoms with Crippen molar-refractivity contribution in [3.05, 3.63) is 36.9 Å². The summed E-state index contributed by atoms with van der Waals surface area (Å²) in [5, 5.41) is 2.73. The standard InChI is InChI=1S/C13H18N2O2/c1-4-8-17-11-7-5-6-10(9-11)15-12(16)13(2,3)14/h4-7,9H,1,8,14H2,2-3H3,(H,15,16). The fourth-order valence-electron chi connectivity index (χ4n) is 1.11. The predicted molar refractivity (Wildman–Crippen MR) is 69.0 cm³/mol. The molecule has 3 N–H and O–H groups in total. The number of carbonyl (C=O) groups is 1. The molecule has 1 aromatic rings. The van der Waals surface area contributed by atoms with E-state index in [4.69, 9.17) is 10.5 Å². The van der Waals surface area contributed by atoms with Gasteiger partial charge in [-0.3, -0.25) is 4.79 Å². The Morgan fingerprint density at radius 3 is 2.88 bits per heavy atom. The summed E-state index contributed by atoms with van der Waals surface area (Å²) < 4.78 is 5.36. The summed E-state index contributed by atoms with van der Waals surface area (Å²) >= 11 is 0. The minimum Gasteiger partial charge on any atom is -0.489 e. The smallest absolute Gasteiger partial charge is 0.243 e. The molecule has 0 aromatic heterocycles. The molecule has 0 aliphatic heterocycles. The molecule has 0 aliphatic rings. The van der Waals surface area contributed by atoms with Crippen molar-refractivity contribution in [2.75, 3.05) is 11.9 Å². The molecule has 0 saturated heterocycles. The Morgan fingerprint density at radius 1 is 1.59 bits per heavy atom. The van der Waals surface area contributed by atoms with Crippen molar-refractivity contribution in [1.29, 1.82) is 0 Å². The van der Waals surface area contributed by atoms with Crippen LogP contribution in [0.15, 0.2) is 36.9 Å². The van der Waals surface area contributed by atoms with Gasteiger partial charge in [-0.05, 0) is 26.0 Å². The van der Waals surface area contributed by atoms with Crippen LogP contribution >= 0.6 is 0 Å². The van der Waals surface area contributed by atoms with Gasteiger partial charge in [0, 0.05) is 11.8 Å². The molecule has 1 aromatic carbocycles. The fourth-order valence-corrected chi connectivity index (χ4v) is 1.11. The number of hydrogen-bond donors (Lipinski definition) is 2. The lowest BCUT2D eigenvalue weighted by Gasteiger charge is -2.18. The Bertz CT molecular complexity index is 408. The quantitative estimate of drug-likeness (QED) is 0.765. The van der Waals surface area contributed by atoms with Gasteiger partial charge in [0.05, 0.1) is 5.54 Å². The molecule has 0 spiro atoms. The van der Waals surface area contributed by atoms with Crippen molar-refractivity contribution in [2.45, 2.75) is 19.4 Å². The maximum atomic E-state index is 11.7. The van der Waals surface area contributed by atoms with E-state index in [-0.39, 0.29) is 5.91 Å². The van der Waals surface area contributed by atoms with Crippen LogP contribution in [0.25, 0.3) is 0 Å². The van der Waals surface area contributed by atoms with Crippen molar-refractivity contribution in [3.8, 4) is 5.75 Å². The summed E-state index contributed by atoms with van der Waals surface area (Å²) in [6.45, 7) is 7.30. The van der Waals surface area contributed by atoms with E-state index in [0.717, 1.165) is 0 Å². The Hall–Kier alpha value is -1.81. The molecule has 4 heteroatoms. The Labute approximate surface area is 101 Å². The average molecular weight is 234 g/mol. The molecule has 0 atom stereocenters. The van der Waals surface area contributed by atoms with Gasteiger partial charge >= 0.3 is 0 Å². The summed E-state index contributed by atoms with van der Waals surface area (Å²) in [7, 11) is 0. The van der Waals surface area contributed by atoms with Crippen LogP contribution in [0.3, 0.4) is 0 Å². The third kappa shape index (κ3) is 4.28. The van der Waals surface area contributed by atoms with Crippen LogP contribution in [0, 0.1) is 0 Å². The van der Waals surface area contributed by atoms with E-state index in [0.29, 0.717) is 18.0 Å². The number of rotatable bonds is 5. The molecular weight excluding hydrogens is 216 g/mol. The van der Waals surface area contributed by atoms with Gasteiger partial charge < -0.3 is 15.8 Å². The summed E-state index contributed by atoms with van der Waals surface area (Å²) in [4.78, 5) is 11.7. The van der Waals surface area contributed by atoms with Gasteiger partial charge in [-0.15, -0.1) is 0 Å². The maximum Gasteiger partial charge on any atom is 0.243 e. The van der Waals surface area contributed by atoms with Gasteiger partial charge in [-0.1, -0.05) is 18.7 Å². The van der Waals surface area contributed by atoms with E-state index in [1.54, 1.807) is 38.1 Å². The zero-order valence-electron chi connectivity index (χ0n) is 10.2. The lowest BCUT2D eigenvalue weighted by atomic mass is 10.1. The fraction of sp³-hybridized carbons (Fsp3) is 0.308. The van der Waals surface area contributed by atoms with E-state index < -0.39 is 5.54 Å². The molecule has 0 bridgehead atoms. The monoisotopic (exact) mass is 234 g/mol. The highest BCUT2D eigenvalue weighted by Gasteiger charge is 2.21. The number of hydrogen-bond acceptors (Lipinski definition) is 3. The van der Waals surface area contributed by atoms with Crippen LogP contribution in [-0.2, 0) is 4.79 Å². The molecular formula is C13H18N2O2. The highest BCUT2D eigenvalue weighted by Crippen LogP contribution is 2.18. The summed E-state index contributed by atoms with van der Waals surface area (Å²) in [5.41, 5.74) is 5.45. The predicted octanol–water partition coefficient (Wildman–Crippen LogP) is 1.93. The molecule has 0 saturated carbocycles. The molecule has 4 nitrogen and oxygen atoms in total. The Morgan fingerprint density at radius 2 is 2.29 bits per heavy atom. The Kier molecular flexibility index (Phi) is 4.29. The van der Waals surface area contributed by atoms with Crippen LogP contribution in [0.4, 0.5) is 5.69 Å². The van der Waals surface area contributed by atoms with Crippen molar-refractivity contribution in [1.82, 2.24) is 0 Å². The molecule has 0 radical (unpaired) electrons. The first-order chi connectivity index (χ1) is 7.93. The van der Waals surface area contributed by atoms with Gasteiger partial charge in [0.1, 0.15) is 12.4 Å². The molecule has 0 fully saturated rings. The lowest BCUT2D eigenvalue weighted by molar-refractivity contribution is -0.120. The molecule has 1 rings (SSSR count). The van der Waals surface area contributed by atoms with Crippen LogP contribution in [0.2, 0.25) is 0 Å². The molecule has 0 heterocycles. The van der Waals surface area contributed by atoms with E-state index in [1.165, 1.54) is 0 Å². The van der Waals surface area contributed by atoms with Crippen molar-refractivity contribution in [2.24, 2.45) is 5.73 Å². The second kappa shape index (κ2) is 5.50. The zero-order valence-corrected chi connectivity index (χ0v) is 10.2. The number of carbonyl (C=O) groups excluding carboxylic acids is 1. The third-order valence-electron chi connectivity index (χ3n) is 2.04. The van der Waals surface area contributed by atoms with Crippen LogP contribution < -0.4 is 15.8 Å². The normalized spacial score (nSPS) is 10.8. The number of benzene rings is 1. The highest BCUT2D eigenvalue weighted by molar-refractivity contribution is 5.97. The minimum atomic E-state index is -0.905. The van der Waals surface area contributed by atoms with E-state index in [1.807, 2.05) is 6.07 Å². The second-order valence-electron chi connectivity index (χ2n) is 4.30. The average Bonchev–Trinajstić information content (AvgIpc) is 2.25. The van der Waals surface area contributed by atoms with Crippen molar-refractivity contribution < 1.29 is 9.53 Å². The summed E-state index contributed by atoms with van der Waals surface area (Å²) in [5.74, 6) is 0.441. The SMILES string of the molecule is C=CCOc1cccc(NC(=O)C(C)(C)N)c1. The zero-order chi connectivity index (χ0) is 12.9. The first kappa shape index (κ1) is 13.3. The molecule has 0 unspecified atom stereocenters. The first-order valence-corrected chi connectivity index (χ1v) is 5.37. The van der Waals surface area contributed by atoms with Gasteiger partial charge in [0.15, 0.2) is 0 Å². The Balaban J connectivity index is 2.72. The first-order valence-electron chi connectivity index (χ1n) is 5.37. The van der Waals surface area contributed by atoms with Crippen LogP contribution in [-0.4, -0.2) is 18.1 Å².